The highest BCUT2D eigenvalue weighted by Gasteiger charge is 2.38. The van der Waals surface area contributed by atoms with Crippen LogP contribution in [0.15, 0.2) is 42.0 Å². The highest BCUT2D eigenvalue weighted by atomic mass is 35.5. The van der Waals surface area contributed by atoms with Crippen molar-refractivity contribution >= 4 is 23.2 Å². The molecule has 0 fully saturated rings. The van der Waals surface area contributed by atoms with Crippen LogP contribution in [0.4, 0.5) is 0 Å². The van der Waals surface area contributed by atoms with Gasteiger partial charge in [0.1, 0.15) is 12.1 Å². The third kappa shape index (κ3) is 4.27. The van der Waals surface area contributed by atoms with Crippen molar-refractivity contribution < 1.29 is 0 Å². The summed E-state index contributed by atoms with van der Waals surface area (Å²) < 4.78 is 0. The maximum atomic E-state index is 9.25. The second kappa shape index (κ2) is 7.95. The highest BCUT2D eigenvalue weighted by molar-refractivity contribution is 6.28. The summed E-state index contributed by atoms with van der Waals surface area (Å²) in [4.78, 5) is -1.55. The number of rotatable bonds is 6. The molecule has 0 aliphatic rings. The van der Waals surface area contributed by atoms with Crippen molar-refractivity contribution in [3.8, 4) is 12.1 Å². The molecule has 1 rings (SSSR count). The predicted octanol–water partition coefficient (Wildman–Crippen LogP) is 4.45. The van der Waals surface area contributed by atoms with E-state index in [0.717, 1.165) is 11.1 Å². The quantitative estimate of drug-likeness (QED) is 0.576. The molecule has 0 spiro atoms. The lowest BCUT2D eigenvalue weighted by Crippen LogP contribution is -2.31. The summed E-state index contributed by atoms with van der Waals surface area (Å²) in [6.07, 6.45) is 3.20. The first kappa shape index (κ1) is 16.6. The van der Waals surface area contributed by atoms with Crippen LogP contribution in [-0.4, -0.2) is 10.8 Å². The fourth-order valence-corrected chi connectivity index (χ4v) is 2.43. The molecular formula is C16H16Cl2N2. The second-order valence-corrected chi connectivity index (χ2v) is 5.58. The van der Waals surface area contributed by atoms with Gasteiger partial charge in [0.2, 0.25) is 4.87 Å². The lowest BCUT2D eigenvalue weighted by Gasteiger charge is -2.25. The van der Waals surface area contributed by atoms with Gasteiger partial charge in [0.25, 0.3) is 0 Å². The van der Waals surface area contributed by atoms with Crippen molar-refractivity contribution in [3.05, 3.63) is 47.5 Å². The Morgan fingerprint density at radius 2 is 1.90 bits per heavy atom. The molecule has 0 saturated carbocycles. The fourth-order valence-electron chi connectivity index (χ4n) is 2.07. The van der Waals surface area contributed by atoms with E-state index in [1.165, 1.54) is 0 Å². The van der Waals surface area contributed by atoms with Crippen LogP contribution in [0.3, 0.4) is 0 Å². The van der Waals surface area contributed by atoms with Crippen LogP contribution in [0.25, 0.3) is 0 Å². The van der Waals surface area contributed by atoms with E-state index in [1.54, 1.807) is 0 Å². The average Bonchev–Trinajstić information content (AvgIpc) is 2.50. The van der Waals surface area contributed by atoms with E-state index in [1.807, 2.05) is 55.5 Å². The van der Waals surface area contributed by atoms with Crippen molar-refractivity contribution in [1.29, 1.82) is 10.5 Å². The standard InChI is InChI=1S/C16H16Cl2N2/c1-13(6-5-9-17)15(16(18,11-19)12-20)10-14-7-3-2-4-8-14/h2-4,6-8,15H,5,9-10H2,1H3/b13-6+. The minimum atomic E-state index is -1.55. The lowest BCUT2D eigenvalue weighted by atomic mass is 9.82. The van der Waals surface area contributed by atoms with Gasteiger partial charge in [0.05, 0.1) is 0 Å². The van der Waals surface area contributed by atoms with E-state index in [9.17, 15) is 10.5 Å². The maximum Gasteiger partial charge on any atom is 0.222 e. The number of allylic oxidation sites excluding steroid dienone is 2. The second-order valence-electron chi connectivity index (χ2n) is 4.60. The van der Waals surface area contributed by atoms with E-state index in [0.29, 0.717) is 18.7 Å². The molecule has 0 amide bonds. The van der Waals surface area contributed by atoms with Crippen LogP contribution in [-0.2, 0) is 6.42 Å². The summed E-state index contributed by atoms with van der Waals surface area (Å²) in [5.41, 5.74) is 1.97. The molecule has 4 heteroatoms. The maximum absolute atomic E-state index is 9.25. The van der Waals surface area contributed by atoms with Crippen molar-refractivity contribution in [2.24, 2.45) is 5.92 Å². The summed E-state index contributed by atoms with van der Waals surface area (Å²) in [6, 6.07) is 13.6. The van der Waals surface area contributed by atoms with E-state index >= 15 is 0 Å². The number of alkyl halides is 2. The minimum Gasteiger partial charge on any atom is -0.195 e. The van der Waals surface area contributed by atoms with Gasteiger partial charge in [0, 0.05) is 11.8 Å². The normalized spacial score (nSPS) is 13.3. The van der Waals surface area contributed by atoms with Gasteiger partial charge in [-0.3, -0.25) is 0 Å². The molecule has 2 nitrogen and oxygen atoms in total. The van der Waals surface area contributed by atoms with E-state index in [-0.39, 0.29) is 5.92 Å². The molecule has 0 saturated heterocycles. The van der Waals surface area contributed by atoms with Gasteiger partial charge in [-0.15, -0.1) is 11.6 Å². The van der Waals surface area contributed by atoms with Gasteiger partial charge in [-0.2, -0.15) is 10.5 Å². The average molecular weight is 307 g/mol. The molecule has 104 valence electrons. The Labute approximate surface area is 130 Å². The van der Waals surface area contributed by atoms with Gasteiger partial charge in [-0.1, -0.05) is 53.6 Å². The van der Waals surface area contributed by atoms with Gasteiger partial charge in [-0.25, -0.2) is 0 Å². The van der Waals surface area contributed by atoms with Crippen LogP contribution in [0, 0.1) is 28.6 Å². The first-order valence-corrected chi connectivity index (χ1v) is 7.26. The smallest absolute Gasteiger partial charge is 0.195 e. The Hall–Kier alpha value is -1.48. The van der Waals surface area contributed by atoms with Gasteiger partial charge >= 0.3 is 0 Å². The Morgan fingerprint density at radius 1 is 1.30 bits per heavy atom. The monoisotopic (exact) mass is 306 g/mol. The molecule has 0 N–H and O–H groups in total. The number of halogens is 2. The van der Waals surface area contributed by atoms with Crippen LogP contribution in [0.2, 0.25) is 0 Å². The zero-order chi connectivity index (χ0) is 15.0. The molecule has 0 aromatic heterocycles. The molecule has 0 aliphatic carbocycles. The number of hydrogen-bond acceptors (Lipinski definition) is 2. The Morgan fingerprint density at radius 3 is 2.40 bits per heavy atom. The summed E-state index contributed by atoms with van der Waals surface area (Å²) in [7, 11) is 0. The molecular weight excluding hydrogens is 291 g/mol. The lowest BCUT2D eigenvalue weighted by molar-refractivity contribution is 0.564. The molecule has 20 heavy (non-hydrogen) atoms. The van der Waals surface area contributed by atoms with Gasteiger partial charge in [-0.05, 0) is 25.3 Å². The predicted molar refractivity (Wildman–Crippen MR) is 82.5 cm³/mol. The van der Waals surface area contributed by atoms with Crippen LogP contribution < -0.4 is 0 Å². The molecule has 1 aromatic carbocycles. The van der Waals surface area contributed by atoms with Crippen molar-refractivity contribution in [2.75, 3.05) is 5.88 Å². The Kier molecular flexibility index (Phi) is 6.59. The minimum absolute atomic E-state index is 0.357. The fraction of sp³-hybridized carbons (Fsp3) is 0.375. The van der Waals surface area contributed by atoms with Gasteiger partial charge in [0.15, 0.2) is 0 Å². The van der Waals surface area contributed by atoms with E-state index in [2.05, 4.69) is 0 Å². The zero-order valence-electron chi connectivity index (χ0n) is 11.3. The van der Waals surface area contributed by atoms with Crippen LogP contribution in [0.5, 0.6) is 0 Å². The van der Waals surface area contributed by atoms with Crippen molar-refractivity contribution in [1.82, 2.24) is 0 Å². The Balaban J connectivity index is 3.09. The SMILES string of the molecule is C/C(=C\CCCl)C(Cc1ccccc1)C(Cl)(C#N)C#N. The first-order valence-electron chi connectivity index (χ1n) is 6.35. The van der Waals surface area contributed by atoms with Crippen LogP contribution in [0.1, 0.15) is 18.9 Å². The van der Waals surface area contributed by atoms with E-state index in [4.69, 9.17) is 23.2 Å². The highest BCUT2D eigenvalue weighted by Crippen LogP contribution is 2.33. The molecule has 0 aliphatic heterocycles. The van der Waals surface area contributed by atoms with Crippen molar-refractivity contribution in [3.63, 3.8) is 0 Å². The van der Waals surface area contributed by atoms with E-state index < -0.39 is 4.87 Å². The topological polar surface area (TPSA) is 47.6 Å². The van der Waals surface area contributed by atoms with Gasteiger partial charge < -0.3 is 0 Å². The third-order valence-electron chi connectivity index (χ3n) is 3.21. The summed E-state index contributed by atoms with van der Waals surface area (Å²) in [5.74, 6) is 0.147. The molecule has 1 unspecified atom stereocenters. The molecule has 0 radical (unpaired) electrons. The Bertz CT molecular complexity index is 524. The summed E-state index contributed by atoms with van der Waals surface area (Å²) in [6.45, 7) is 1.89. The zero-order valence-corrected chi connectivity index (χ0v) is 12.8. The molecule has 0 heterocycles. The first-order chi connectivity index (χ1) is 9.57. The van der Waals surface area contributed by atoms with Crippen molar-refractivity contribution in [2.45, 2.75) is 24.6 Å². The summed E-state index contributed by atoms with van der Waals surface area (Å²) >= 11 is 11.9. The summed E-state index contributed by atoms with van der Waals surface area (Å²) in [5, 5.41) is 18.5. The molecule has 1 aromatic rings. The number of nitriles is 2. The largest absolute Gasteiger partial charge is 0.222 e. The number of hydrogen-bond donors (Lipinski definition) is 0. The number of benzene rings is 1. The molecule has 0 bridgehead atoms. The molecule has 1 atom stereocenters. The van der Waals surface area contributed by atoms with Crippen LogP contribution >= 0.6 is 23.2 Å². The third-order valence-corrected chi connectivity index (χ3v) is 3.86. The number of nitrogens with zero attached hydrogens (tertiary/aromatic N) is 2.